The van der Waals surface area contributed by atoms with E-state index in [0.29, 0.717) is 11.0 Å². The van der Waals surface area contributed by atoms with Crippen molar-refractivity contribution in [2.75, 3.05) is 32.2 Å². The van der Waals surface area contributed by atoms with Crippen LogP contribution in [-0.2, 0) is 0 Å². The lowest BCUT2D eigenvalue weighted by atomic mass is 10.2. The Bertz CT molecular complexity index is 425. The van der Waals surface area contributed by atoms with Gasteiger partial charge in [-0.25, -0.2) is 0 Å². The fourth-order valence-electron chi connectivity index (χ4n) is 1.40. The SMILES string of the molecule is COc1cc(N(C)CCO)c(Br)cc1[N+](=O)[O-]. The van der Waals surface area contributed by atoms with Crippen molar-refractivity contribution in [2.45, 2.75) is 0 Å². The zero-order valence-electron chi connectivity index (χ0n) is 9.51. The van der Waals surface area contributed by atoms with E-state index in [4.69, 9.17) is 9.84 Å². The Labute approximate surface area is 107 Å². The largest absolute Gasteiger partial charge is 0.490 e. The maximum absolute atomic E-state index is 10.8. The highest BCUT2D eigenvalue weighted by molar-refractivity contribution is 9.10. The van der Waals surface area contributed by atoms with Crippen LogP contribution in [0.4, 0.5) is 11.4 Å². The van der Waals surface area contributed by atoms with E-state index in [-0.39, 0.29) is 18.0 Å². The zero-order valence-corrected chi connectivity index (χ0v) is 11.1. The molecule has 0 atom stereocenters. The molecular formula is C10H13BrN2O4. The van der Waals surface area contributed by atoms with Crippen molar-refractivity contribution in [1.29, 1.82) is 0 Å². The number of hydrogen-bond donors (Lipinski definition) is 1. The summed E-state index contributed by atoms with van der Waals surface area (Å²) in [5, 5.41) is 19.7. The van der Waals surface area contributed by atoms with Crippen LogP contribution in [0.25, 0.3) is 0 Å². The fraction of sp³-hybridized carbons (Fsp3) is 0.400. The number of aliphatic hydroxyl groups is 1. The van der Waals surface area contributed by atoms with Gasteiger partial charge in [-0.1, -0.05) is 0 Å². The van der Waals surface area contributed by atoms with Crippen molar-refractivity contribution in [1.82, 2.24) is 0 Å². The number of rotatable bonds is 5. The molecule has 0 spiro atoms. The average molecular weight is 305 g/mol. The molecule has 94 valence electrons. The van der Waals surface area contributed by atoms with Gasteiger partial charge in [0.2, 0.25) is 0 Å². The molecule has 0 heterocycles. The average Bonchev–Trinajstić information content (AvgIpc) is 2.28. The standard InChI is InChI=1S/C10H13BrN2O4/c1-12(3-4-14)8-6-10(17-2)9(13(15)16)5-7(8)11/h5-6,14H,3-4H2,1-2H3. The van der Waals surface area contributed by atoms with Gasteiger partial charge in [-0.3, -0.25) is 10.1 Å². The summed E-state index contributed by atoms with van der Waals surface area (Å²) >= 11 is 3.27. The number of anilines is 1. The highest BCUT2D eigenvalue weighted by atomic mass is 79.9. The van der Waals surface area contributed by atoms with Crippen LogP contribution < -0.4 is 9.64 Å². The highest BCUT2D eigenvalue weighted by Gasteiger charge is 2.19. The monoisotopic (exact) mass is 304 g/mol. The number of nitrogens with zero attached hydrogens (tertiary/aromatic N) is 2. The van der Waals surface area contributed by atoms with Gasteiger partial charge in [-0.05, 0) is 15.9 Å². The molecule has 0 saturated heterocycles. The van der Waals surface area contributed by atoms with E-state index in [1.165, 1.54) is 13.2 Å². The summed E-state index contributed by atoms with van der Waals surface area (Å²) in [5.41, 5.74) is 0.627. The molecule has 0 amide bonds. The van der Waals surface area contributed by atoms with Crippen LogP contribution in [0.15, 0.2) is 16.6 Å². The van der Waals surface area contributed by atoms with Gasteiger partial charge < -0.3 is 14.7 Å². The minimum Gasteiger partial charge on any atom is -0.490 e. The van der Waals surface area contributed by atoms with Gasteiger partial charge in [-0.2, -0.15) is 0 Å². The number of benzene rings is 1. The van der Waals surface area contributed by atoms with Crippen molar-refractivity contribution in [3.63, 3.8) is 0 Å². The second-order valence-electron chi connectivity index (χ2n) is 3.38. The van der Waals surface area contributed by atoms with Crippen molar-refractivity contribution >= 4 is 27.3 Å². The third-order valence-electron chi connectivity index (χ3n) is 2.29. The Morgan fingerprint density at radius 3 is 2.71 bits per heavy atom. The van der Waals surface area contributed by atoms with Gasteiger partial charge in [0.1, 0.15) is 0 Å². The van der Waals surface area contributed by atoms with Gasteiger partial charge >= 0.3 is 5.69 Å². The van der Waals surface area contributed by atoms with Crippen LogP contribution in [0, 0.1) is 10.1 Å². The number of nitro benzene ring substituents is 1. The van der Waals surface area contributed by atoms with E-state index in [1.54, 1.807) is 18.0 Å². The Kier molecular flexibility index (Phi) is 4.71. The number of ether oxygens (including phenoxy) is 1. The summed E-state index contributed by atoms with van der Waals surface area (Å²) in [4.78, 5) is 12.1. The lowest BCUT2D eigenvalue weighted by molar-refractivity contribution is -0.385. The van der Waals surface area contributed by atoms with Gasteiger partial charge in [0.15, 0.2) is 5.75 Å². The summed E-state index contributed by atoms with van der Waals surface area (Å²) in [6.45, 7) is 0.432. The normalized spacial score (nSPS) is 10.1. The molecule has 0 unspecified atom stereocenters. The first-order valence-corrected chi connectivity index (χ1v) is 5.64. The molecule has 1 aromatic carbocycles. The molecule has 0 bridgehead atoms. The summed E-state index contributed by atoms with van der Waals surface area (Å²) in [6, 6.07) is 2.96. The third-order valence-corrected chi connectivity index (χ3v) is 2.93. The Hall–Kier alpha value is -1.34. The van der Waals surface area contributed by atoms with Gasteiger partial charge in [-0.15, -0.1) is 0 Å². The summed E-state index contributed by atoms with van der Waals surface area (Å²) in [7, 11) is 3.16. The first-order chi connectivity index (χ1) is 8.01. The number of halogens is 1. The molecule has 0 aliphatic rings. The van der Waals surface area contributed by atoms with Crippen molar-refractivity contribution < 1.29 is 14.8 Å². The first-order valence-electron chi connectivity index (χ1n) is 4.85. The second kappa shape index (κ2) is 5.83. The van der Waals surface area contributed by atoms with Crippen LogP contribution in [-0.4, -0.2) is 37.3 Å². The molecule has 1 N–H and O–H groups in total. The minimum atomic E-state index is -0.501. The van der Waals surface area contributed by atoms with Crippen LogP contribution >= 0.6 is 15.9 Å². The topological polar surface area (TPSA) is 75.8 Å². The van der Waals surface area contributed by atoms with Crippen molar-refractivity contribution in [3.05, 3.63) is 26.7 Å². The Morgan fingerprint density at radius 2 is 2.24 bits per heavy atom. The molecule has 1 rings (SSSR count). The van der Waals surface area contributed by atoms with Crippen molar-refractivity contribution in [3.8, 4) is 5.75 Å². The van der Waals surface area contributed by atoms with Crippen LogP contribution in [0.1, 0.15) is 0 Å². The maximum Gasteiger partial charge on any atom is 0.312 e. The Balaban J connectivity index is 3.22. The first kappa shape index (κ1) is 13.7. The molecule has 0 aliphatic carbocycles. The smallest absolute Gasteiger partial charge is 0.312 e. The molecule has 1 aromatic rings. The summed E-state index contributed by atoms with van der Waals surface area (Å²) < 4.78 is 5.56. The van der Waals surface area contributed by atoms with E-state index in [2.05, 4.69) is 15.9 Å². The number of likely N-dealkylation sites (N-methyl/N-ethyl adjacent to an activating group) is 1. The van der Waals surface area contributed by atoms with Crippen molar-refractivity contribution in [2.24, 2.45) is 0 Å². The molecule has 0 aromatic heterocycles. The molecule has 0 aliphatic heterocycles. The Morgan fingerprint density at radius 1 is 1.59 bits per heavy atom. The summed E-state index contributed by atoms with van der Waals surface area (Å²) in [6.07, 6.45) is 0. The molecule has 6 nitrogen and oxygen atoms in total. The van der Waals surface area contributed by atoms with Gasteiger partial charge in [0, 0.05) is 30.2 Å². The molecule has 0 radical (unpaired) electrons. The van der Waals surface area contributed by atoms with E-state index in [0.717, 1.165) is 5.69 Å². The van der Waals surface area contributed by atoms with Crippen LogP contribution in [0.2, 0.25) is 0 Å². The van der Waals surface area contributed by atoms with E-state index in [9.17, 15) is 10.1 Å². The lowest BCUT2D eigenvalue weighted by Crippen LogP contribution is -2.21. The predicted octanol–water partition coefficient (Wildman–Crippen LogP) is 1.79. The van der Waals surface area contributed by atoms with E-state index < -0.39 is 4.92 Å². The molecular weight excluding hydrogens is 292 g/mol. The van der Waals surface area contributed by atoms with Gasteiger partial charge in [0.25, 0.3) is 0 Å². The van der Waals surface area contributed by atoms with Crippen LogP contribution in [0.3, 0.4) is 0 Å². The molecule has 17 heavy (non-hydrogen) atoms. The molecule has 0 saturated carbocycles. The van der Waals surface area contributed by atoms with Crippen LogP contribution in [0.5, 0.6) is 5.75 Å². The quantitative estimate of drug-likeness (QED) is 0.663. The van der Waals surface area contributed by atoms with Gasteiger partial charge in [0.05, 0.1) is 24.3 Å². The number of hydrogen-bond acceptors (Lipinski definition) is 5. The summed E-state index contributed by atoms with van der Waals surface area (Å²) in [5.74, 6) is 0.193. The van der Waals surface area contributed by atoms with E-state index >= 15 is 0 Å². The third kappa shape index (κ3) is 3.07. The lowest BCUT2D eigenvalue weighted by Gasteiger charge is -2.20. The predicted molar refractivity (Wildman–Crippen MR) is 67.7 cm³/mol. The van der Waals surface area contributed by atoms with E-state index in [1.807, 2.05) is 0 Å². The number of aliphatic hydroxyl groups excluding tert-OH is 1. The molecule has 0 fully saturated rings. The maximum atomic E-state index is 10.8. The fourth-order valence-corrected chi connectivity index (χ4v) is 2.04. The minimum absolute atomic E-state index is 0.00223. The number of nitro groups is 1. The molecule has 7 heteroatoms. The highest BCUT2D eigenvalue weighted by Crippen LogP contribution is 2.37. The number of methoxy groups -OCH3 is 1. The zero-order chi connectivity index (χ0) is 13.0. The second-order valence-corrected chi connectivity index (χ2v) is 4.23.